The number of aliphatic hydroxyl groups is 8. The lowest BCUT2D eigenvalue weighted by atomic mass is 9.97. The maximum absolute atomic E-state index is 14.6. The molecule has 0 bridgehead atoms. The molecule has 0 saturated carbocycles. The van der Waals surface area contributed by atoms with Crippen LogP contribution in [0.3, 0.4) is 0 Å². The van der Waals surface area contributed by atoms with Crippen molar-refractivity contribution in [3.63, 3.8) is 0 Å². The largest absolute Gasteiger partial charge is 0.481 e. The number of carbonyl (C=O) groups excluding carboxylic acids is 20. The van der Waals surface area contributed by atoms with Crippen molar-refractivity contribution in [3.05, 3.63) is 71.8 Å². The Kier molecular flexibility index (Phi) is 54.8. The summed E-state index contributed by atoms with van der Waals surface area (Å²) >= 11 is 0. The molecule has 0 aliphatic carbocycles. The molecule has 0 aromatic heterocycles. The highest BCUT2D eigenvalue weighted by Crippen LogP contribution is 2.22. The number of primary amides is 1. The van der Waals surface area contributed by atoms with Gasteiger partial charge in [-0.1, -0.05) is 109 Å². The Morgan fingerprint density at radius 2 is 0.710 bits per heavy atom. The van der Waals surface area contributed by atoms with Crippen molar-refractivity contribution in [1.82, 2.24) is 106 Å². The molecular weight excluding hydrogens is 1920 g/mol. The Morgan fingerprint density at radius 3 is 1.11 bits per heavy atom. The number of carbonyl (C=O) groups is 22. The van der Waals surface area contributed by atoms with Crippen LogP contribution >= 0.6 is 0 Å². The summed E-state index contributed by atoms with van der Waals surface area (Å²) in [5.74, 6) is -28.2. The number of nitrogens with two attached hydrogens (primary N) is 3. The lowest BCUT2D eigenvalue weighted by Gasteiger charge is -2.31. The van der Waals surface area contributed by atoms with Gasteiger partial charge in [0, 0.05) is 32.4 Å². The van der Waals surface area contributed by atoms with Crippen molar-refractivity contribution in [2.24, 2.45) is 35.0 Å². The second kappa shape index (κ2) is 63.7. The van der Waals surface area contributed by atoms with Crippen molar-refractivity contribution < 1.29 is 157 Å². The zero-order valence-electron chi connectivity index (χ0n) is 81.7. The maximum Gasteiger partial charge on any atom is 0.326 e. The van der Waals surface area contributed by atoms with Crippen molar-refractivity contribution in [3.8, 4) is 0 Å². The maximum atomic E-state index is 14.6. The number of nitrogens with zero attached hydrogens (tertiary/aromatic N) is 1. The third-order valence-electron chi connectivity index (χ3n) is 22.4. The van der Waals surface area contributed by atoms with Crippen LogP contribution in [0, 0.1) is 23.2 Å². The fourth-order valence-corrected chi connectivity index (χ4v) is 14.3. The lowest BCUT2D eigenvalue weighted by molar-refractivity contribution is -0.149. The first-order valence-electron chi connectivity index (χ1n) is 46.6. The van der Waals surface area contributed by atoms with Crippen molar-refractivity contribution in [1.29, 1.82) is 5.41 Å². The molecular formula is C89H140N24O32. The van der Waals surface area contributed by atoms with E-state index in [9.17, 15) is 157 Å². The fourth-order valence-electron chi connectivity index (χ4n) is 14.3. The van der Waals surface area contributed by atoms with Crippen LogP contribution in [0.5, 0.6) is 0 Å². The molecule has 3 rings (SSSR count). The fraction of sp³-hybridized carbons (Fsp3) is 0.607. The average molecular weight is 2060 g/mol. The molecule has 1 aliphatic rings. The average Bonchev–Trinajstić information content (AvgIpc) is 1.82. The van der Waals surface area contributed by atoms with Gasteiger partial charge in [0.1, 0.15) is 96.7 Å². The topological polar surface area (TPSA) is 912 Å². The number of hydrogen-bond acceptors (Lipinski definition) is 32. The molecule has 1 aliphatic heterocycles. The Morgan fingerprint density at radius 1 is 0.386 bits per heavy atom. The molecule has 145 heavy (non-hydrogen) atoms. The van der Waals surface area contributed by atoms with Crippen LogP contribution in [0.4, 0.5) is 0 Å². The molecule has 1 fully saturated rings. The number of aliphatic carboxylic acids is 2. The summed E-state index contributed by atoms with van der Waals surface area (Å²) in [7, 11) is 0. The van der Waals surface area contributed by atoms with E-state index in [4.69, 9.17) is 22.6 Å². The first-order chi connectivity index (χ1) is 68.2. The molecule has 56 nitrogen and oxygen atoms in total. The van der Waals surface area contributed by atoms with E-state index in [1.165, 1.54) is 31.2 Å². The Balaban J connectivity index is 1.72. The number of guanidine groups is 1. The minimum Gasteiger partial charge on any atom is -0.481 e. The predicted molar refractivity (Wildman–Crippen MR) is 507 cm³/mol. The first-order valence-corrected chi connectivity index (χ1v) is 46.6. The van der Waals surface area contributed by atoms with Crippen molar-refractivity contribution >= 4 is 136 Å². The minimum atomic E-state index is -2.18. The normalized spacial score (nSPS) is 16.3. The van der Waals surface area contributed by atoms with E-state index in [-0.39, 0.29) is 69.9 Å². The molecule has 0 unspecified atom stereocenters. The first kappa shape index (κ1) is 125. The van der Waals surface area contributed by atoms with Crippen molar-refractivity contribution in [2.45, 2.75) is 260 Å². The highest BCUT2D eigenvalue weighted by molar-refractivity contribution is 6.02. The third kappa shape index (κ3) is 44.2. The number of benzene rings is 2. The van der Waals surface area contributed by atoms with E-state index in [1.807, 2.05) is 10.6 Å². The van der Waals surface area contributed by atoms with Gasteiger partial charge in [0.25, 0.3) is 0 Å². The Hall–Kier alpha value is -14.3. The molecule has 0 spiro atoms. The number of likely N-dealkylation sites (tertiary alicyclic amines) is 1. The molecule has 20 amide bonds. The molecule has 36 N–H and O–H groups in total. The lowest BCUT2D eigenvalue weighted by Crippen LogP contribution is -2.64. The van der Waals surface area contributed by atoms with Crippen LogP contribution in [0.1, 0.15) is 138 Å². The quantitative estimate of drug-likeness (QED) is 0.0166. The standard InChI is InChI=1S/C89H140N24O32/c1-10-44(6)68(83(139)108-61(41-118)82(138)107-60(40-117)81(137)102-52(29-42(2)3)76(132)100-51(25-26-63(91)122)87(143)113-28-18-24-62(113)88(144)145)110-86(142)71(47(9)121)112-79(135)53(30-43(4)5)104-85(141)70(46(8)120)111-80(136)55(32-49-21-15-12-16-22-49)103-78(134)56(33-67(126)127)105-84(140)69(45(7)119)109-66(125)36-97-74(130)58(38-115)99-64(123)34-95-73(129)57(37-114)98-65(124)35-96-75(131)59(39-116)106-77(133)54(31-48-19-13-11-14-20-48)101-72(128)50(90)23-17-27-94-89(92)93/h11-16,19-22,42-47,50-62,68-71,114-121H,10,17-18,23-41,90H2,1-9H3,(H2,91,122)(H,95,129)(H,96,131)(H,97,130)(H,98,124)(H,99,123)(H,100,132)(H,101,128)(H,102,137)(H,103,134)(H,104,141)(H,105,140)(H,106,133)(H,107,138)(H,108,139)(H,109,125)(H,110,142)(H,111,136)(H,112,135)(H,126,127)(H,144,145)(H4,92,93,94)/t44-,45+,46+,47+,50-,51-,52-,53-,54-,55-,56-,57-,58-,59-,60-,61-,62-,68-,69-,70-,71-/m0/s1. The summed E-state index contributed by atoms with van der Waals surface area (Å²) in [5, 5.41) is 154. The number of nitrogens with one attached hydrogen (secondary N) is 20. The minimum absolute atomic E-state index is 0.0160. The van der Waals surface area contributed by atoms with Gasteiger partial charge in [-0.15, -0.1) is 0 Å². The Labute approximate surface area is 833 Å². The van der Waals surface area contributed by atoms with Gasteiger partial charge in [0.2, 0.25) is 118 Å². The highest BCUT2D eigenvalue weighted by atomic mass is 16.4. The molecule has 56 heteroatoms. The number of carboxylic acid groups (broad SMARTS) is 2. The Bertz CT molecular complexity index is 4750. The molecule has 2 aromatic carbocycles. The third-order valence-corrected chi connectivity index (χ3v) is 22.4. The predicted octanol–water partition coefficient (Wildman–Crippen LogP) is -14.3. The zero-order valence-corrected chi connectivity index (χ0v) is 81.7. The number of amides is 20. The summed E-state index contributed by atoms with van der Waals surface area (Å²) in [6.45, 7) is 4.18. The van der Waals surface area contributed by atoms with Crippen molar-refractivity contribution in [2.75, 3.05) is 65.8 Å². The molecule has 1 heterocycles. The second-order valence-electron chi connectivity index (χ2n) is 35.3. The molecule has 0 radical (unpaired) electrons. The van der Waals surface area contributed by atoms with E-state index in [2.05, 4.69) is 90.4 Å². The number of hydrogen-bond donors (Lipinski definition) is 33. The van der Waals surface area contributed by atoms with Crippen LogP contribution in [0.25, 0.3) is 0 Å². The SMILES string of the molecule is CC[C@H](C)[C@H](NC(=O)[C@@H](NC(=O)[C@H](CC(C)C)NC(=O)[C@@H](NC(=O)[C@H](Cc1ccccc1)NC(=O)[C@H](CC(=O)O)NC(=O)[C@@H](NC(=O)CNC(=O)[C@H](CO)NC(=O)CNC(=O)[C@H](CO)NC(=O)CNC(=O)[C@H](CO)NC(=O)[C@H](Cc1ccccc1)NC(=O)[C@@H](N)CCCNC(=N)N)[C@@H](C)O)[C@@H](C)O)[C@@H](C)O)C(=O)N[C@@H](CO)C(=O)N[C@@H](CO)C(=O)N[C@@H](CC(C)C)C(=O)N[C@@H](CCC(N)=O)C(=O)N1CCC[C@H]1C(=O)O. The van der Waals surface area contributed by atoms with E-state index < -0.39 is 335 Å². The second-order valence-corrected chi connectivity index (χ2v) is 35.3. The monoisotopic (exact) mass is 2060 g/mol. The van der Waals surface area contributed by atoms with Gasteiger partial charge in [-0.3, -0.25) is 106 Å². The van der Waals surface area contributed by atoms with Crippen LogP contribution in [-0.2, 0) is 118 Å². The van der Waals surface area contributed by atoms with Gasteiger partial charge in [-0.05, 0) is 94.6 Å². The summed E-state index contributed by atoms with van der Waals surface area (Å²) in [6, 6.07) is -13.6. The summed E-state index contributed by atoms with van der Waals surface area (Å²) in [5.41, 5.74) is 17.5. The van der Waals surface area contributed by atoms with Crippen LogP contribution in [-0.4, -0.2) is 379 Å². The van der Waals surface area contributed by atoms with E-state index in [0.717, 1.165) is 25.7 Å². The molecule has 2 aromatic rings. The van der Waals surface area contributed by atoms with Crippen LogP contribution in [0.2, 0.25) is 0 Å². The number of carboxylic acids is 2. The highest BCUT2D eigenvalue weighted by Gasteiger charge is 2.43. The van der Waals surface area contributed by atoms with Gasteiger partial charge >= 0.3 is 11.9 Å². The smallest absolute Gasteiger partial charge is 0.326 e. The van der Waals surface area contributed by atoms with Crippen LogP contribution in [0.15, 0.2) is 60.7 Å². The number of aliphatic hydroxyl groups excluding tert-OH is 8. The zero-order chi connectivity index (χ0) is 109. The van der Waals surface area contributed by atoms with Crippen LogP contribution < -0.4 is 118 Å². The van der Waals surface area contributed by atoms with E-state index in [0.29, 0.717) is 24.0 Å². The summed E-state index contributed by atoms with van der Waals surface area (Å²) < 4.78 is 0. The summed E-state index contributed by atoms with van der Waals surface area (Å²) in [6.07, 6.45) is -7.62. The van der Waals surface area contributed by atoms with Gasteiger partial charge in [-0.2, -0.15) is 0 Å². The summed E-state index contributed by atoms with van der Waals surface area (Å²) in [4.78, 5) is 298. The molecule has 808 valence electrons. The number of rotatable bonds is 65. The van der Waals surface area contributed by atoms with E-state index >= 15 is 0 Å². The molecule has 1 saturated heterocycles. The van der Waals surface area contributed by atoms with Gasteiger partial charge in [0.05, 0.1) is 83.4 Å². The van der Waals surface area contributed by atoms with E-state index in [1.54, 1.807) is 71.0 Å². The van der Waals surface area contributed by atoms with Gasteiger partial charge in [0.15, 0.2) is 5.96 Å². The molecule has 21 atom stereocenters. The van der Waals surface area contributed by atoms with Gasteiger partial charge < -0.3 is 174 Å². The van der Waals surface area contributed by atoms with Gasteiger partial charge in [-0.25, -0.2) is 4.79 Å².